The van der Waals surface area contributed by atoms with Crippen LogP contribution in [0.2, 0.25) is 0 Å². The molecule has 4 rings (SSSR count). The summed E-state index contributed by atoms with van der Waals surface area (Å²) in [6.07, 6.45) is 1.14. The molecule has 0 aromatic heterocycles. The van der Waals surface area contributed by atoms with E-state index in [4.69, 9.17) is 4.74 Å². The summed E-state index contributed by atoms with van der Waals surface area (Å²) in [5.74, 6) is 0.0721. The highest BCUT2D eigenvalue weighted by atomic mass is 16.6. The maximum atomic E-state index is 12.4. The number of carbonyl (C=O) groups excluding carboxylic acids is 2. The van der Waals surface area contributed by atoms with Crippen molar-refractivity contribution in [3.63, 3.8) is 0 Å². The van der Waals surface area contributed by atoms with Gasteiger partial charge >= 0.3 is 6.09 Å². The zero-order valence-electron chi connectivity index (χ0n) is 13.9. The van der Waals surface area contributed by atoms with Crippen LogP contribution in [0.1, 0.15) is 23.5 Å². The van der Waals surface area contributed by atoms with Crippen molar-refractivity contribution in [3.05, 3.63) is 59.7 Å². The normalized spacial score (nSPS) is 18.6. The van der Waals surface area contributed by atoms with Gasteiger partial charge in [0.05, 0.1) is 0 Å². The molecule has 1 fully saturated rings. The van der Waals surface area contributed by atoms with Crippen LogP contribution in [0, 0.1) is 0 Å². The van der Waals surface area contributed by atoms with Gasteiger partial charge in [0.1, 0.15) is 6.61 Å². The predicted octanol–water partition coefficient (Wildman–Crippen LogP) is 2.76. The quantitative estimate of drug-likeness (QED) is 0.874. The van der Waals surface area contributed by atoms with E-state index in [2.05, 4.69) is 29.6 Å². The first kappa shape index (κ1) is 15.7. The highest BCUT2D eigenvalue weighted by molar-refractivity contribution is 5.79. The number of ether oxygens (including phenoxy) is 1. The first-order valence-corrected chi connectivity index (χ1v) is 8.57. The van der Waals surface area contributed by atoms with E-state index in [1.165, 1.54) is 22.3 Å². The Hall–Kier alpha value is -2.82. The number of benzene rings is 2. The molecule has 1 heterocycles. The number of nitrogens with one attached hydrogen (secondary N) is 1. The molecule has 2 amide bonds. The van der Waals surface area contributed by atoms with Gasteiger partial charge in [0.2, 0.25) is 6.41 Å². The third-order valence-electron chi connectivity index (χ3n) is 5.09. The molecule has 0 radical (unpaired) electrons. The number of amides is 2. The van der Waals surface area contributed by atoms with Crippen LogP contribution in [0.5, 0.6) is 0 Å². The summed E-state index contributed by atoms with van der Waals surface area (Å²) >= 11 is 0. The summed E-state index contributed by atoms with van der Waals surface area (Å²) < 4.78 is 5.62. The summed E-state index contributed by atoms with van der Waals surface area (Å²) in [6.45, 7) is 1.45. The van der Waals surface area contributed by atoms with E-state index in [0.717, 1.165) is 6.42 Å². The highest BCUT2D eigenvalue weighted by Gasteiger charge is 2.31. The van der Waals surface area contributed by atoms with Crippen molar-refractivity contribution in [2.24, 2.45) is 0 Å². The third-order valence-corrected chi connectivity index (χ3v) is 5.09. The van der Waals surface area contributed by atoms with Gasteiger partial charge in [0.25, 0.3) is 0 Å². The van der Waals surface area contributed by atoms with Crippen molar-refractivity contribution >= 4 is 12.5 Å². The Morgan fingerprint density at radius 2 is 1.76 bits per heavy atom. The van der Waals surface area contributed by atoms with E-state index < -0.39 is 0 Å². The van der Waals surface area contributed by atoms with E-state index >= 15 is 0 Å². The van der Waals surface area contributed by atoms with E-state index in [1.54, 1.807) is 4.90 Å². The third kappa shape index (κ3) is 2.86. The first-order chi connectivity index (χ1) is 12.3. The Balaban J connectivity index is 1.46. The summed E-state index contributed by atoms with van der Waals surface area (Å²) in [6, 6.07) is 16.6. The van der Waals surface area contributed by atoms with Gasteiger partial charge in [0.15, 0.2) is 0 Å². The molecule has 0 spiro atoms. The van der Waals surface area contributed by atoms with Crippen molar-refractivity contribution in [2.75, 3.05) is 19.7 Å². The minimum atomic E-state index is -0.308. The molecular formula is C20H20N2O3. The zero-order chi connectivity index (χ0) is 17.2. The number of hydrogen-bond donors (Lipinski definition) is 1. The van der Waals surface area contributed by atoms with Crippen LogP contribution >= 0.6 is 0 Å². The molecule has 1 atom stereocenters. The Labute approximate surface area is 146 Å². The van der Waals surface area contributed by atoms with E-state index in [-0.39, 0.29) is 18.1 Å². The zero-order valence-corrected chi connectivity index (χ0v) is 13.9. The van der Waals surface area contributed by atoms with E-state index in [1.807, 2.05) is 24.3 Å². The molecule has 2 aromatic rings. The number of carbonyl (C=O) groups is 2. The maximum Gasteiger partial charge on any atom is 0.409 e. The Morgan fingerprint density at radius 3 is 2.40 bits per heavy atom. The summed E-state index contributed by atoms with van der Waals surface area (Å²) in [4.78, 5) is 24.5. The number of fused-ring (bicyclic) bond motifs is 3. The standard InChI is InChI=1S/C20H20N2O3/c23-13-21-14-9-10-22(11-14)20(24)25-12-19-17-7-3-1-5-15(17)16-6-2-4-8-18(16)19/h1-8,13-14,19H,9-12H2,(H,21,23). The number of hydrogen-bond acceptors (Lipinski definition) is 3. The van der Waals surface area contributed by atoms with Gasteiger partial charge < -0.3 is 15.0 Å². The second-order valence-electron chi connectivity index (χ2n) is 6.52. The Kier molecular flexibility index (Phi) is 4.14. The molecule has 5 heteroatoms. The summed E-state index contributed by atoms with van der Waals surface area (Å²) in [5.41, 5.74) is 4.85. The lowest BCUT2D eigenvalue weighted by atomic mass is 9.98. The SMILES string of the molecule is O=CNC1CCN(C(=O)OCC2c3ccccc3-c3ccccc32)C1. The fourth-order valence-electron chi connectivity index (χ4n) is 3.84. The van der Waals surface area contributed by atoms with Gasteiger partial charge in [-0.05, 0) is 28.7 Å². The van der Waals surface area contributed by atoms with Crippen LogP contribution in [0.15, 0.2) is 48.5 Å². The molecule has 25 heavy (non-hydrogen) atoms. The van der Waals surface area contributed by atoms with E-state index in [0.29, 0.717) is 26.1 Å². The predicted molar refractivity (Wildman–Crippen MR) is 94.2 cm³/mol. The van der Waals surface area contributed by atoms with Crippen LogP contribution in [0.4, 0.5) is 4.79 Å². The van der Waals surface area contributed by atoms with Crippen molar-refractivity contribution in [3.8, 4) is 11.1 Å². The second kappa shape index (κ2) is 6.59. The highest BCUT2D eigenvalue weighted by Crippen LogP contribution is 2.44. The van der Waals surface area contributed by atoms with Gasteiger partial charge in [-0.3, -0.25) is 4.79 Å². The topological polar surface area (TPSA) is 58.6 Å². The first-order valence-electron chi connectivity index (χ1n) is 8.57. The largest absolute Gasteiger partial charge is 0.448 e. The lowest BCUT2D eigenvalue weighted by Gasteiger charge is -2.19. The molecule has 1 saturated heterocycles. The minimum absolute atomic E-state index is 0.0259. The molecule has 1 aliphatic carbocycles. The lowest BCUT2D eigenvalue weighted by Crippen LogP contribution is -2.35. The molecule has 2 aromatic carbocycles. The monoisotopic (exact) mass is 336 g/mol. The molecule has 5 nitrogen and oxygen atoms in total. The average Bonchev–Trinajstić information content (AvgIpc) is 3.23. The van der Waals surface area contributed by atoms with Gasteiger partial charge in [0, 0.05) is 25.0 Å². The van der Waals surface area contributed by atoms with Crippen LogP contribution in [-0.2, 0) is 9.53 Å². The molecule has 1 unspecified atom stereocenters. The molecule has 2 aliphatic rings. The summed E-state index contributed by atoms with van der Waals surface area (Å²) in [7, 11) is 0. The molecule has 1 aliphatic heterocycles. The van der Waals surface area contributed by atoms with Crippen LogP contribution in [0.25, 0.3) is 11.1 Å². The molecular weight excluding hydrogens is 316 g/mol. The molecule has 0 bridgehead atoms. The Morgan fingerprint density at radius 1 is 1.12 bits per heavy atom. The second-order valence-corrected chi connectivity index (χ2v) is 6.52. The lowest BCUT2D eigenvalue weighted by molar-refractivity contribution is -0.110. The van der Waals surface area contributed by atoms with Gasteiger partial charge in [-0.2, -0.15) is 0 Å². The molecule has 128 valence electrons. The Bertz CT molecular complexity index is 760. The number of rotatable bonds is 4. The van der Waals surface area contributed by atoms with Crippen molar-refractivity contribution < 1.29 is 14.3 Å². The number of likely N-dealkylation sites (tertiary alicyclic amines) is 1. The van der Waals surface area contributed by atoms with Crippen molar-refractivity contribution in [2.45, 2.75) is 18.4 Å². The van der Waals surface area contributed by atoms with Crippen LogP contribution < -0.4 is 5.32 Å². The smallest absolute Gasteiger partial charge is 0.409 e. The van der Waals surface area contributed by atoms with Crippen LogP contribution in [-0.4, -0.2) is 43.1 Å². The van der Waals surface area contributed by atoms with E-state index in [9.17, 15) is 9.59 Å². The summed E-state index contributed by atoms with van der Waals surface area (Å²) in [5, 5.41) is 2.72. The van der Waals surface area contributed by atoms with Crippen molar-refractivity contribution in [1.29, 1.82) is 0 Å². The van der Waals surface area contributed by atoms with Gasteiger partial charge in [-0.25, -0.2) is 4.79 Å². The average molecular weight is 336 g/mol. The maximum absolute atomic E-state index is 12.4. The van der Waals surface area contributed by atoms with Crippen molar-refractivity contribution in [1.82, 2.24) is 10.2 Å². The fraction of sp³-hybridized carbons (Fsp3) is 0.300. The van der Waals surface area contributed by atoms with Crippen LogP contribution in [0.3, 0.4) is 0 Å². The molecule has 1 N–H and O–H groups in total. The fourth-order valence-corrected chi connectivity index (χ4v) is 3.84. The minimum Gasteiger partial charge on any atom is -0.448 e. The van der Waals surface area contributed by atoms with Gasteiger partial charge in [-0.15, -0.1) is 0 Å². The number of nitrogens with zero attached hydrogens (tertiary/aromatic N) is 1. The molecule has 0 saturated carbocycles. The van der Waals surface area contributed by atoms with Gasteiger partial charge in [-0.1, -0.05) is 48.5 Å².